The molecule has 2 N–H and O–H groups in total. The molecule has 0 aliphatic rings. The fourth-order valence-corrected chi connectivity index (χ4v) is 1.03. The van der Waals surface area contributed by atoms with Gasteiger partial charge in [-0.2, -0.15) is 0 Å². The fraction of sp³-hybridized carbons (Fsp3) is 0.250. The monoisotopic (exact) mass is 183 g/mol. The number of carboxylic acids is 1. The Morgan fingerprint density at radius 2 is 2.15 bits per heavy atom. The van der Waals surface area contributed by atoms with Crippen molar-refractivity contribution in [1.29, 1.82) is 0 Å². The van der Waals surface area contributed by atoms with Gasteiger partial charge in [-0.1, -0.05) is 0 Å². The summed E-state index contributed by atoms with van der Waals surface area (Å²) in [6, 6.07) is 2.97. The molecule has 0 saturated heterocycles. The average Bonchev–Trinajstić information content (AvgIpc) is 2.52. The molecule has 1 rings (SSSR count). The highest BCUT2D eigenvalue weighted by Crippen LogP contribution is 2.03. The quantitative estimate of drug-likeness (QED) is 0.498. The second kappa shape index (κ2) is 3.86. The normalized spacial score (nSPS) is 9.92. The molecule has 0 aromatic carbocycles. The standard InChI is InChI=1S/C8H9NO4/c10-5-4-9-3-1-2-6(9)7(11)8(12)13/h1-3,10H,4-5H2,(H,12,13). The van der Waals surface area contributed by atoms with Gasteiger partial charge in [-0.3, -0.25) is 4.79 Å². The summed E-state index contributed by atoms with van der Waals surface area (Å²) < 4.78 is 1.40. The molecule has 0 amide bonds. The third kappa shape index (κ3) is 1.94. The minimum atomic E-state index is -1.49. The number of ketones is 1. The van der Waals surface area contributed by atoms with Crippen LogP contribution < -0.4 is 0 Å². The summed E-state index contributed by atoms with van der Waals surface area (Å²) in [7, 11) is 0. The van der Waals surface area contributed by atoms with Crippen LogP contribution in [0.1, 0.15) is 10.5 Å². The van der Waals surface area contributed by atoms with E-state index in [1.54, 1.807) is 12.3 Å². The van der Waals surface area contributed by atoms with E-state index in [2.05, 4.69) is 0 Å². The fourth-order valence-electron chi connectivity index (χ4n) is 1.03. The van der Waals surface area contributed by atoms with Crippen molar-refractivity contribution in [2.75, 3.05) is 6.61 Å². The lowest BCUT2D eigenvalue weighted by molar-refractivity contribution is -0.131. The van der Waals surface area contributed by atoms with Crippen molar-refractivity contribution in [2.24, 2.45) is 0 Å². The van der Waals surface area contributed by atoms with Crippen molar-refractivity contribution in [1.82, 2.24) is 4.57 Å². The van der Waals surface area contributed by atoms with E-state index < -0.39 is 11.8 Å². The number of carbonyl (C=O) groups excluding carboxylic acids is 1. The lowest BCUT2D eigenvalue weighted by atomic mass is 10.3. The van der Waals surface area contributed by atoms with Gasteiger partial charge in [0.05, 0.1) is 12.3 Å². The largest absolute Gasteiger partial charge is 0.475 e. The molecule has 0 unspecified atom stereocenters. The van der Waals surface area contributed by atoms with Crippen LogP contribution in [0, 0.1) is 0 Å². The summed E-state index contributed by atoms with van der Waals surface area (Å²) in [5.74, 6) is -2.45. The Hall–Kier alpha value is -1.62. The summed E-state index contributed by atoms with van der Waals surface area (Å²) in [4.78, 5) is 21.3. The maximum atomic E-state index is 11.0. The first kappa shape index (κ1) is 9.47. The van der Waals surface area contributed by atoms with E-state index in [-0.39, 0.29) is 18.8 Å². The van der Waals surface area contributed by atoms with Gasteiger partial charge in [0.2, 0.25) is 0 Å². The van der Waals surface area contributed by atoms with Crippen LogP contribution in [0.25, 0.3) is 0 Å². The van der Waals surface area contributed by atoms with Gasteiger partial charge in [0.1, 0.15) is 0 Å². The highest BCUT2D eigenvalue weighted by molar-refractivity contribution is 6.39. The van der Waals surface area contributed by atoms with Gasteiger partial charge < -0.3 is 14.8 Å². The predicted molar refractivity (Wildman–Crippen MR) is 43.5 cm³/mol. The third-order valence-corrected chi connectivity index (χ3v) is 1.60. The molecule has 0 aliphatic carbocycles. The van der Waals surface area contributed by atoms with Crippen molar-refractivity contribution in [3.8, 4) is 0 Å². The van der Waals surface area contributed by atoms with Crippen LogP contribution in [0.4, 0.5) is 0 Å². The first-order chi connectivity index (χ1) is 6.16. The number of hydrogen-bond donors (Lipinski definition) is 2. The zero-order valence-electron chi connectivity index (χ0n) is 6.80. The highest BCUT2D eigenvalue weighted by Gasteiger charge is 2.17. The summed E-state index contributed by atoms with van der Waals surface area (Å²) in [5, 5.41) is 17.0. The highest BCUT2D eigenvalue weighted by atomic mass is 16.4. The first-order valence-electron chi connectivity index (χ1n) is 3.70. The first-order valence-corrected chi connectivity index (χ1v) is 3.70. The Morgan fingerprint density at radius 3 is 2.69 bits per heavy atom. The van der Waals surface area contributed by atoms with Crippen molar-refractivity contribution < 1.29 is 19.8 Å². The Morgan fingerprint density at radius 1 is 1.46 bits per heavy atom. The topological polar surface area (TPSA) is 79.5 Å². The molecular weight excluding hydrogens is 174 g/mol. The van der Waals surface area contributed by atoms with Crippen LogP contribution >= 0.6 is 0 Å². The van der Waals surface area contributed by atoms with Crippen LogP contribution in [0.5, 0.6) is 0 Å². The molecule has 0 aliphatic heterocycles. The van der Waals surface area contributed by atoms with Crippen LogP contribution in [0.3, 0.4) is 0 Å². The van der Waals surface area contributed by atoms with Gasteiger partial charge in [0.15, 0.2) is 0 Å². The number of aliphatic hydroxyl groups excluding tert-OH is 1. The van der Waals surface area contributed by atoms with Crippen molar-refractivity contribution in [3.63, 3.8) is 0 Å². The Kier molecular flexibility index (Phi) is 2.81. The molecule has 0 saturated carbocycles. The number of carboxylic acid groups (broad SMARTS) is 1. The summed E-state index contributed by atoms with van der Waals surface area (Å²) in [5.41, 5.74) is 0.0848. The average molecular weight is 183 g/mol. The molecule has 70 valence electrons. The zero-order chi connectivity index (χ0) is 9.84. The van der Waals surface area contributed by atoms with Crippen molar-refractivity contribution in [3.05, 3.63) is 24.0 Å². The van der Waals surface area contributed by atoms with Gasteiger partial charge >= 0.3 is 5.97 Å². The summed E-state index contributed by atoms with van der Waals surface area (Å²) in [6.07, 6.45) is 1.55. The summed E-state index contributed by atoms with van der Waals surface area (Å²) in [6.45, 7) is 0.0932. The van der Waals surface area contributed by atoms with E-state index in [1.807, 2.05) is 0 Å². The minimum Gasteiger partial charge on any atom is -0.475 e. The smallest absolute Gasteiger partial charge is 0.378 e. The van der Waals surface area contributed by atoms with E-state index in [9.17, 15) is 9.59 Å². The van der Waals surface area contributed by atoms with Gasteiger partial charge in [0.25, 0.3) is 5.78 Å². The van der Waals surface area contributed by atoms with Crippen molar-refractivity contribution in [2.45, 2.75) is 6.54 Å². The van der Waals surface area contributed by atoms with Crippen LogP contribution in [-0.2, 0) is 11.3 Å². The number of aliphatic carboxylic acids is 1. The molecule has 1 aromatic heterocycles. The van der Waals surface area contributed by atoms with E-state index in [1.165, 1.54) is 10.6 Å². The molecule has 1 aromatic rings. The molecule has 0 bridgehead atoms. The maximum absolute atomic E-state index is 11.0. The molecule has 13 heavy (non-hydrogen) atoms. The van der Waals surface area contributed by atoms with Crippen LogP contribution in [0.15, 0.2) is 18.3 Å². The molecule has 5 nitrogen and oxygen atoms in total. The number of aliphatic hydroxyl groups is 1. The van der Waals surface area contributed by atoms with E-state index in [0.717, 1.165) is 0 Å². The maximum Gasteiger partial charge on any atom is 0.378 e. The number of hydrogen-bond acceptors (Lipinski definition) is 3. The molecular formula is C8H9NO4. The zero-order valence-corrected chi connectivity index (χ0v) is 6.80. The molecule has 0 spiro atoms. The van der Waals surface area contributed by atoms with Gasteiger partial charge in [-0.05, 0) is 12.1 Å². The summed E-state index contributed by atoms with van der Waals surface area (Å²) >= 11 is 0. The van der Waals surface area contributed by atoms with Crippen LogP contribution in [-0.4, -0.2) is 33.1 Å². The Labute approximate surface area is 74.2 Å². The lowest BCUT2D eigenvalue weighted by Gasteiger charge is -2.03. The second-order valence-electron chi connectivity index (χ2n) is 2.44. The Balaban J connectivity index is 2.93. The predicted octanol–water partition coefficient (Wildman–Crippen LogP) is -0.252. The molecule has 1 heterocycles. The van der Waals surface area contributed by atoms with Crippen molar-refractivity contribution >= 4 is 11.8 Å². The van der Waals surface area contributed by atoms with Gasteiger partial charge in [0, 0.05) is 12.7 Å². The van der Waals surface area contributed by atoms with E-state index in [4.69, 9.17) is 10.2 Å². The SMILES string of the molecule is O=C(O)C(=O)c1cccn1CCO. The lowest BCUT2D eigenvalue weighted by Crippen LogP contribution is -2.18. The molecule has 0 fully saturated rings. The van der Waals surface area contributed by atoms with Gasteiger partial charge in [-0.15, -0.1) is 0 Å². The molecule has 5 heteroatoms. The van der Waals surface area contributed by atoms with E-state index in [0.29, 0.717) is 0 Å². The number of carbonyl (C=O) groups is 2. The third-order valence-electron chi connectivity index (χ3n) is 1.60. The number of nitrogens with zero attached hydrogens (tertiary/aromatic N) is 1. The number of aromatic nitrogens is 1. The molecule has 0 radical (unpaired) electrons. The Bertz CT molecular complexity index is 329. The van der Waals surface area contributed by atoms with E-state index >= 15 is 0 Å². The number of rotatable bonds is 4. The second-order valence-corrected chi connectivity index (χ2v) is 2.44. The minimum absolute atomic E-state index is 0.0848. The number of Topliss-reactive ketones (excluding diaryl/α,β-unsaturated/α-hetero) is 1. The van der Waals surface area contributed by atoms with Crippen LogP contribution in [0.2, 0.25) is 0 Å². The van der Waals surface area contributed by atoms with Gasteiger partial charge in [-0.25, -0.2) is 4.79 Å². The molecule has 0 atom stereocenters.